The zero-order valence-electron chi connectivity index (χ0n) is 17.5. The van der Waals surface area contributed by atoms with Gasteiger partial charge in [-0.2, -0.15) is 5.10 Å². The second kappa shape index (κ2) is 10.0. The van der Waals surface area contributed by atoms with Crippen molar-refractivity contribution in [3.05, 3.63) is 47.3 Å². The van der Waals surface area contributed by atoms with Gasteiger partial charge < -0.3 is 15.0 Å². The first kappa shape index (κ1) is 21.5. The predicted octanol–water partition coefficient (Wildman–Crippen LogP) is 2.49. The summed E-state index contributed by atoms with van der Waals surface area (Å²) in [5.41, 5.74) is 2.36. The zero-order valence-corrected chi connectivity index (χ0v) is 17.5. The maximum atomic E-state index is 12.4. The highest BCUT2D eigenvalue weighted by molar-refractivity contribution is 5.94. The molecule has 3 rings (SSSR count). The van der Waals surface area contributed by atoms with Crippen LogP contribution in [0.5, 0.6) is 0 Å². The van der Waals surface area contributed by atoms with Crippen molar-refractivity contribution in [3.8, 4) is 5.69 Å². The minimum Gasteiger partial charge on any atom is -0.462 e. The highest BCUT2D eigenvalue weighted by Crippen LogP contribution is 2.16. The lowest BCUT2D eigenvalue weighted by atomic mass is 10.2. The fourth-order valence-corrected chi connectivity index (χ4v) is 3.51. The van der Waals surface area contributed by atoms with E-state index in [2.05, 4.69) is 10.4 Å². The molecule has 1 aromatic heterocycles. The number of benzene rings is 1. The van der Waals surface area contributed by atoms with Crippen molar-refractivity contribution in [2.24, 2.45) is 0 Å². The van der Waals surface area contributed by atoms with Crippen LogP contribution in [-0.4, -0.2) is 58.7 Å². The summed E-state index contributed by atoms with van der Waals surface area (Å²) < 4.78 is 6.67. The van der Waals surface area contributed by atoms with Gasteiger partial charge in [0.1, 0.15) is 5.56 Å². The predicted molar refractivity (Wildman–Crippen MR) is 112 cm³/mol. The van der Waals surface area contributed by atoms with Crippen LogP contribution in [0.1, 0.15) is 59.0 Å². The first-order valence-electron chi connectivity index (χ1n) is 10.4. The summed E-state index contributed by atoms with van der Waals surface area (Å²) in [5.74, 6) is -0.420. The van der Waals surface area contributed by atoms with Crippen molar-refractivity contribution in [2.45, 2.75) is 39.5 Å². The zero-order chi connectivity index (χ0) is 21.5. The van der Waals surface area contributed by atoms with Crippen molar-refractivity contribution in [3.63, 3.8) is 0 Å². The molecule has 0 atom stereocenters. The molecule has 2 amide bonds. The Labute approximate surface area is 176 Å². The van der Waals surface area contributed by atoms with E-state index < -0.39 is 5.97 Å². The molecule has 1 aliphatic rings. The fourth-order valence-electron chi connectivity index (χ4n) is 3.51. The van der Waals surface area contributed by atoms with Crippen LogP contribution in [0.25, 0.3) is 5.69 Å². The lowest BCUT2D eigenvalue weighted by Crippen LogP contribution is -2.38. The average Bonchev–Trinajstić information content (AvgIpc) is 3.01. The summed E-state index contributed by atoms with van der Waals surface area (Å²) in [5, 5.41) is 7.13. The second-order valence-electron chi connectivity index (χ2n) is 7.27. The molecule has 1 saturated heterocycles. The van der Waals surface area contributed by atoms with Crippen LogP contribution >= 0.6 is 0 Å². The van der Waals surface area contributed by atoms with Gasteiger partial charge in [-0.1, -0.05) is 6.42 Å². The van der Waals surface area contributed by atoms with Crippen LogP contribution in [0.15, 0.2) is 30.5 Å². The molecule has 160 valence electrons. The van der Waals surface area contributed by atoms with E-state index in [-0.39, 0.29) is 11.8 Å². The molecule has 1 aromatic carbocycles. The van der Waals surface area contributed by atoms with E-state index >= 15 is 0 Å². The summed E-state index contributed by atoms with van der Waals surface area (Å²) >= 11 is 0. The van der Waals surface area contributed by atoms with Gasteiger partial charge in [0, 0.05) is 31.6 Å². The number of rotatable bonds is 7. The van der Waals surface area contributed by atoms with Crippen LogP contribution in [0.3, 0.4) is 0 Å². The Kier molecular flexibility index (Phi) is 7.21. The van der Waals surface area contributed by atoms with Crippen molar-refractivity contribution in [2.75, 3.05) is 26.2 Å². The Morgan fingerprint density at radius 1 is 1.17 bits per heavy atom. The number of aromatic nitrogens is 2. The minimum atomic E-state index is -0.403. The molecule has 0 bridgehead atoms. The number of carbonyl (C=O) groups is 3. The summed E-state index contributed by atoms with van der Waals surface area (Å²) in [6, 6.07) is 6.99. The van der Waals surface area contributed by atoms with E-state index in [1.54, 1.807) is 42.8 Å². The summed E-state index contributed by atoms with van der Waals surface area (Å²) in [6.45, 7) is 5.58. The summed E-state index contributed by atoms with van der Waals surface area (Å²) in [7, 11) is 0. The minimum absolute atomic E-state index is 0.169. The molecular weight excluding hydrogens is 384 g/mol. The van der Waals surface area contributed by atoms with E-state index in [0.717, 1.165) is 31.5 Å². The second-order valence-corrected chi connectivity index (χ2v) is 7.27. The smallest absolute Gasteiger partial charge is 0.341 e. The number of ether oxygens (including phenoxy) is 1. The van der Waals surface area contributed by atoms with Crippen molar-refractivity contribution in [1.29, 1.82) is 0 Å². The molecular formula is C22H28N4O4. The van der Waals surface area contributed by atoms with Gasteiger partial charge in [-0.3, -0.25) is 9.59 Å². The normalized spacial score (nSPS) is 14.3. The highest BCUT2D eigenvalue weighted by Gasteiger charge is 2.18. The van der Waals surface area contributed by atoms with E-state index in [0.29, 0.717) is 42.9 Å². The first-order chi connectivity index (χ1) is 14.5. The van der Waals surface area contributed by atoms with Gasteiger partial charge in [-0.25, -0.2) is 9.48 Å². The quantitative estimate of drug-likeness (QED) is 0.705. The number of nitrogens with zero attached hydrogens (tertiary/aromatic N) is 3. The molecule has 0 spiro atoms. The van der Waals surface area contributed by atoms with Gasteiger partial charge in [0.05, 0.1) is 24.2 Å². The van der Waals surface area contributed by atoms with E-state index in [9.17, 15) is 14.4 Å². The number of nitrogens with one attached hydrogen (secondary N) is 1. The van der Waals surface area contributed by atoms with Crippen molar-refractivity contribution < 1.29 is 19.1 Å². The summed E-state index contributed by atoms with van der Waals surface area (Å²) in [4.78, 5) is 38.2. The Hall–Kier alpha value is -3.16. The highest BCUT2D eigenvalue weighted by atomic mass is 16.5. The van der Waals surface area contributed by atoms with Crippen molar-refractivity contribution >= 4 is 17.8 Å². The topological polar surface area (TPSA) is 93.5 Å². The largest absolute Gasteiger partial charge is 0.462 e. The molecule has 8 nitrogen and oxygen atoms in total. The molecule has 0 saturated carbocycles. The first-order valence-corrected chi connectivity index (χ1v) is 10.4. The molecule has 8 heteroatoms. The van der Waals surface area contributed by atoms with Crippen LogP contribution in [0.4, 0.5) is 0 Å². The lowest BCUT2D eigenvalue weighted by Gasteiger charge is -2.20. The van der Waals surface area contributed by atoms with Crippen LogP contribution in [-0.2, 0) is 9.53 Å². The SMILES string of the molecule is CCOC(=O)c1cnn(-c2ccc(C(=O)NCCN3CCCCCC3=O)cc2)c1C. The fraction of sp³-hybridized carbons (Fsp3) is 0.455. The molecule has 1 aliphatic heterocycles. The van der Waals surface area contributed by atoms with E-state index in [1.165, 1.54) is 6.20 Å². The number of esters is 1. The molecule has 1 fully saturated rings. The van der Waals surface area contributed by atoms with Crippen LogP contribution in [0.2, 0.25) is 0 Å². The maximum Gasteiger partial charge on any atom is 0.341 e. The maximum absolute atomic E-state index is 12.4. The standard InChI is InChI=1S/C22H28N4O4/c1-3-30-22(29)19-15-24-26(16(19)2)18-10-8-17(9-11-18)21(28)23-12-14-25-13-6-4-5-7-20(25)27/h8-11,15H,3-7,12-14H2,1-2H3,(H,23,28). The Morgan fingerprint density at radius 2 is 1.93 bits per heavy atom. The third-order valence-corrected chi connectivity index (χ3v) is 5.22. The van der Waals surface area contributed by atoms with Gasteiger partial charge in [-0.15, -0.1) is 0 Å². The van der Waals surface area contributed by atoms with Crippen LogP contribution in [0, 0.1) is 6.92 Å². The van der Waals surface area contributed by atoms with Crippen LogP contribution < -0.4 is 5.32 Å². The van der Waals surface area contributed by atoms with Gasteiger partial charge in [-0.05, 0) is 51.0 Å². The van der Waals surface area contributed by atoms with E-state index in [1.807, 2.05) is 4.90 Å². The average molecular weight is 412 g/mol. The monoisotopic (exact) mass is 412 g/mol. The Bertz CT molecular complexity index is 904. The van der Waals surface area contributed by atoms with Gasteiger partial charge >= 0.3 is 5.97 Å². The third-order valence-electron chi connectivity index (χ3n) is 5.22. The third kappa shape index (κ3) is 5.06. The van der Waals surface area contributed by atoms with Gasteiger partial charge in [0.2, 0.25) is 5.91 Å². The van der Waals surface area contributed by atoms with Gasteiger partial charge in [0.15, 0.2) is 0 Å². The lowest BCUT2D eigenvalue weighted by molar-refractivity contribution is -0.130. The van der Waals surface area contributed by atoms with E-state index in [4.69, 9.17) is 4.74 Å². The molecule has 0 radical (unpaired) electrons. The number of likely N-dealkylation sites (tertiary alicyclic amines) is 1. The Morgan fingerprint density at radius 3 is 2.67 bits per heavy atom. The van der Waals surface area contributed by atoms with Crippen molar-refractivity contribution in [1.82, 2.24) is 20.0 Å². The molecule has 0 aliphatic carbocycles. The molecule has 30 heavy (non-hydrogen) atoms. The Balaban J connectivity index is 1.58. The number of carbonyl (C=O) groups excluding carboxylic acids is 3. The van der Waals surface area contributed by atoms with Gasteiger partial charge in [0.25, 0.3) is 5.91 Å². The molecule has 1 N–H and O–H groups in total. The number of amides is 2. The number of hydrogen-bond acceptors (Lipinski definition) is 5. The molecule has 2 aromatic rings. The summed E-state index contributed by atoms with van der Waals surface area (Å²) in [6.07, 6.45) is 5.13. The molecule has 2 heterocycles. The molecule has 0 unspecified atom stereocenters. The number of hydrogen-bond donors (Lipinski definition) is 1.